The van der Waals surface area contributed by atoms with Crippen LogP contribution in [0.2, 0.25) is 0 Å². The number of carbonyl (C=O) groups excluding carboxylic acids is 1. The molecule has 2 unspecified atom stereocenters. The summed E-state index contributed by atoms with van der Waals surface area (Å²) in [6.45, 7) is 9.67. The third kappa shape index (κ3) is 3.60. The lowest BCUT2D eigenvalue weighted by Gasteiger charge is -2.29. The Kier molecular flexibility index (Phi) is 6.29. The van der Waals surface area contributed by atoms with E-state index in [9.17, 15) is 19.1 Å². The second-order valence-electron chi connectivity index (χ2n) is 9.88. The van der Waals surface area contributed by atoms with Crippen molar-refractivity contribution in [2.45, 2.75) is 71.4 Å². The largest absolute Gasteiger partial charge is 0.387 e. The van der Waals surface area contributed by atoms with Crippen LogP contribution in [-0.2, 0) is 24.2 Å². The summed E-state index contributed by atoms with van der Waals surface area (Å²) in [5, 5.41) is 13.2. The van der Waals surface area contributed by atoms with Crippen LogP contribution in [0.15, 0.2) is 29.6 Å². The molecule has 3 aromatic rings. The normalized spacial score (nSPS) is 16.5. The van der Waals surface area contributed by atoms with Gasteiger partial charge in [-0.2, -0.15) is 0 Å². The molecule has 188 valence electrons. The molecule has 5 rings (SSSR count). The molecule has 2 aromatic heterocycles. The van der Waals surface area contributed by atoms with Crippen LogP contribution in [0, 0.1) is 12.7 Å². The van der Waals surface area contributed by atoms with Crippen LogP contribution in [0.25, 0.3) is 22.3 Å². The summed E-state index contributed by atoms with van der Waals surface area (Å²) in [5.41, 5.74) is 6.96. The molecule has 1 aromatic carbocycles. The van der Waals surface area contributed by atoms with Gasteiger partial charge >= 0.3 is 0 Å². The zero-order chi connectivity index (χ0) is 25.7. The maximum absolute atomic E-state index is 14.9. The highest BCUT2D eigenvalue weighted by Crippen LogP contribution is 2.45. The molecule has 1 aliphatic carbocycles. The van der Waals surface area contributed by atoms with Gasteiger partial charge in [0.1, 0.15) is 12.4 Å². The summed E-state index contributed by atoms with van der Waals surface area (Å²) in [6, 6.07) is 3.17. The summed E-state index contributed by atoms with van der Waals surface area (Å²) in [5.74, 6) is -0.713. The van der Waals surface area contributed by atoms with E-state index in [1.165, 1.54) is 6.07 Å². The van der Waals surface area contributed by atoms with Crippen molar-refractivity contribution in [2.24, 2.45) is 0 Å². The van der Waals surface area contributed by atoms with E-state index in [1.54, 1.807) is 11.5 Å². The standard InChI is InChI=1S/C29H32FN3O3/c1-5-8-18-19(16(6-2)7-3)11-24-28-20(13-33(24)29(18)36)27-22(31-25(35)14-34)10-9-17-15(4)21(30)12-23(32-28)26(17)27/h6,11-12,16,22,34H,2,5,7-10,13-14H2,1,3-4H3,(H,31,35). The molecular weight excluding hydrogens is 457 g/mol. The van der Waals surface area contributed by atoms with Crippen molar-refractivity contribution in [2.75, 3.05) is 6.61 Å². The van der Waals surface area contributed by atoms with Gasteiger partial charge in [0.25, 0.3) is 5.56 Å². The van der Waals surface area contributed by atoms with E-state index in [0.29, 0.717) is 42.6 Å². The molecule has 36 heavy (non-hydrogen) atoms. The number of aryl methyl sites for hydroxylation is 1. The molecule has 0 radical (unpaired) electrons. The predicted molar refractivity (Wildman–Crippen MR) is 139 cm³/mol. The number of halogens is 1. The number of carbonyl (C=O) groups is 1. The number of fused-ring (bicyclic) bond motifs is 4. The first-order valence-electron chi connectivity index (χ1n) is 12.8. The van der Waals surface area contributed by atoms with E-state index >= 15 is 0 Å². The molecule has 0 fully saturated rings. The molecule has 0 saturated carbocycles. The lowest BCUT2D eigenvalue weighted by Crippen LogP contribution is -2.33. The quantitative estimate of drug-likeness (QED) is 0.372. The molecule has 7 heteroatoms. The van der Waals surface area contributed by atoms with Gasteiger partial charge < -0.3 is 15.0 Å². The summed E-state index contributed by atoms with van der Waals surface area (Å²) < 4.78 is 16.7. The predicted octanol–water partition coefficient (Wildman–Crippen LogP) is 4.60. The zero-order valence-corrected chi connectivity index (χ0v) is 21.1. The van der Waals surface area contributed by atoms with Gasteiger partial charge in [-0.25, -0.2) is 9.37 Å². The average Bonchev–Trinajstić information content (AvgIpc) is 3.24. The first-order valence-corrected chi connectivity index (χ1v) is 12.8. The second kappa shape index (κ2) is 9.28. The van der Waals surface area contributed by atoms with Crippen LogP contribution in [0.3, 0.4) is 0 Å². The van der Waals surface area contributed by atoms with Crippen molar-refractivity contribution in [3.05, 3.63) is 74.3 Å². The number of nitrogens with zero attached hydrogens (tertiary/aromatic N) is 2. The minimum absolute atomic E-state index is 0.0201. The minimum atomic E-state index is -0.606. The fourth-order valence-electron chi connectivity index (χ4n) is 6.09. The van der Waals surface area contributed by atoms with E-state index in [4.69, 9.17) is 4.98 Å². The highest BCUT2D eigenvalue weighted by molar-refractivity contribution is 5.93. The van der Waals surface area contributed by atoms with Gasteiger partial charge in [0.15, 0.2) is 0 Å². The molecule has 1 amide bonds. The van der Waals surface area contributed by atoms with E-state index in [1.807, 2.05) is 6.08 Å². The Morgan fingerprint density at radius 2 is 2.14 bits per heavy atom. The fraction of sp³-hybridized carbons (Fsp3) is 0.414. The first kappa shape index (κ1) is 24.4. The smallest absolute Gasteiger partial charge is 0.254 e. The first-order chi connectivity index (χ1) is 17.3. The minimum Gasteiger partial charge on any atom is -0.387 e. The Morgan fingerprint density at radius 3 is 2.81 bits per heavy atom. The van der Waals surface area contributed by atoms with E-state index < -0.39 is 12.5 Å². The van der Waals surface area contributed by atoms with E-state index in [2.05, 4.69) is 31.8 Å². The van der Waals surface area contributed by atoms with Gasteiger partial charge in [0.2, 0.25) is 5.91 Å². The van der Waals surface area contributed by atoms with Crippen molar-refractivity contribution >= 4 is 16.8 Å². The number of benzene rings is 1. The maximum atomic E-state index is 14.9. The molecule has 6 nitrogen and oxygen atoms in total. The van der Waals surface area contributed by atoms with E-state index in [-0.39, 0.29) is 23.3 Å². The number of hydrogen-bond acceptors (Lipinski definition) is 4. The van der Waals surface area contributed by atoms with Crippen LogP contribution in [0.1, 0.15) is 78.5 Å². The summed E-state index contributed by atoms with van der Waals surface area (Å²) >= 11 is 0. The highest BCUT2D eigenvalue weighted by atomic mass is 19.1. The fourth-order valence-corrected chi connectivity index (χ4v) is 6.09. The van der Waals surface area contributed by atoms with Gasteiger partial charge in [-0.3, -0.25) is 9.59 Å². The van der Waals surface area contributed by atoms with Crippen molar-refractivity contribution in [3.8, 4) is 11.4 Å². The van der Waals surface area contributed by atoms with E-state index in [0.717, 1.165) is 51.7 Å². The summed E-state index contributed by atoms with van der Waals surface area (Å²) in [7, 11) is 0. The van der Waals surface area contributed by atoms with Crippen molar-refractivity contribution in [3.63, 3.8) is 0 Å². The summed E-state index contributed by atoms with van der Waals surface area (Å²) in [4.78, 5) is 30.9. The molecule has 3 heterocycles. The number of allylic oxidation sites excluding steroid dienone is 1. The Balaban J connectivity index is 1.83. The van der Waals surface area contributed by atoms with Crippen LogP contribution < -0.4 is 10.9 Å². The molecule has 2 N–H and O–H groups in total. The summed E-state index contributed by atoms with van der Waals surface area (Å²) in [6.07, 6.45) is 5.44. The van der Waals surface area contributed by atoms with Gasteiger partial charge in [0.05, 0.1) is 29.5 Å². The van der Waals surface area contributed by atoms with Gasteiger partial charge in [-0.1, -0.05) is 26.3 Å². The van der Waals surface area contributed by atoms with Gasteiger partial charge in [-0.05, 0) is 60.9 Å². The Morgan fingerprint density at radius 1 is 1.36 bits per heavy atom. The number of rotatable bonds is 7. The Bertz CT molecular complexity index is 1470. The van der Waals surface area contributed by atoms with Gasteiger partial charge in [-0.15, -0.1) is 6.58 Å². The second-order valence-corrected chi connectivity index (χ2v) is 9.88. The topological polar surface area (TPSA) is 84.2 Å². The molecular formula is C29H32FN3O3. The third-order valence-electron chi connectivity index (χ3n) is 7.87. The van der Waals surface area contributed by atoms with Crippen molar-refractivity contribution in [1.29, 1.82) is 0 Å². The lowest BCUT2D eigenvalue weighted by atomic mass is 9.81. The number of aromatic nitrogens is 2. The van der Waals surface area contributed by atoms with Crippen LogP contribution in [-0.4, -0.2) is 27.2 Å². The van der Waals surface area contributed by atoms with Crippen LogP contribution in [0.4, 0.5) is 4.39 Å². The molecule has 0 bridgehead atoms. The number of nitrogens with one attached hydrogen (secondary N) is 1. The van der Waals surface area contributed by atoms with Crippen molar-refractivity contribution in [1.82, 2.24) is 14.9 Å². The number of aliphatic hydroxyl groups excluding tert-OH is 1. The molecule has 2 atom stereocenters. The van der Waals surface area contributed by atoms with Gasteiger partial charge in [0, 0.05) is 28.5 Å². The number of pyridine rings is 2. The molecule has 2 aliphatic rings. The molecule has 0 spiro atoms. The average molecular weight is 490 g/mol. The zero-order valence-electron chi connectivity index (χ0n) is 21.1. The monoisotopic (exact) mass is 489 g/mol. The van der Waals surface area contributed by atoms with Crippen molar-refractivity contribution < 1.29 is 14.3 Å². The van der Waals surface area contributed by atoms with Crippen LogP contribution >= 0.6 is 0 Å². The SMILES string of the molecule is C=CC(CC)c1cc2n(c(=O)c1CCC)Cc1c-2nc2cc(F)c(C)c3c2c1C(NC(=O)CO)CC3. The lowest BCUT2D eigenvalue weighted by molar-refractivity contribution is -0.124. The Labute approximate surface area is 209 Å². The highest BCUT2D eigenvalue weighted by Gasteiger charge is 2.35. The number of hydrogen-bond donors (Lipinski definition) is 2. The number of aliphatic hydroxyl groups is 1. The van der Waals surface area contributed by atoms with Crippen LogP contribution in [0.5, 0.6) is 0 Å². The third-order valence-corrected chi connectivity index (χ3v) is 7.87. The molecule has 0 saturated heterocycles. The molecule has 1 aliphatic heterocycles. The number of amides is 1. The Hall–Kier alpha value is -3.32. The maximum Gasteiger partial charge on any atom is 0.254 e.